The second-order valence-electron chi connectivity index (χ2n) is 6.94. The fourth-order valence-corrected chi connectivity index (χ4v) is 2.46. The molecule has 0 spiro atoms. The van der Waals surface area contributed by atoms with Gasteiger partial charge >= 0.3 is 5.97 Å². The van der Waals surface area contributed by atoms with Gasteiger partial charge in [0.05, 0.1) is 4.92 Å². The number of hydrogen-bond acceptors (Lipinski definition) is 5. The molecule has 0 aliphatic heterocycles. The molecular weight excluding hydrogens is 320 g/mol. The van der Waals surface area contributed by atoms with Crippen molar-refractivity contribution in [3.8, 4) is 0 Å². The standard InChI is InChI=1S/C19H22N2O4/c1-18(2,3)25-17(22)19(20,13-14-7-5-4-6-8-14)15-9-11-16(12-10-15)21(23)24/h4-12H,13,20H2,1-3H3/t19-/m1/s1. The Bertz CT molecular complexity index is 751. The molecule has 0 amide bonds. The van der Waals surface area contributed by atoms with Crippen LogP contribution in [0.15, 0.2) is 54.6 Å². The number of non-ortho nitro benzene ring substituents is 1. The van der Waals surface area contributed by atoms with Crippen molar-refractivity contribution < 1.29 is 14.5 Å². The van der Waals surface area contributed by atoms with E-state index in [0.29, 0.717) is 5.56 Å². The highest BCUT2D eigenvalue weighted by Crippen LogP contribution is 2.28. The zero-order valence-electron chi connectivity index (χ0n) is 14.6. The van der Waals surface area contributed by atoms with Crippen molar-refractivity contribution in [1.29, 1.82) is 0 Å². The van der Waals surface area contributed by atoms with Crippen molar-refractivity contribution in [2.24, 2.45) is 5.73 Å². The van der Waals surface area contributed by atoms with Gasteiger partial charge in [0.25, 0.3) is 5.69 Å². The lowest BCUT2D eigenvalue weighted by atomic mass is 9.84. The Morgan fingerprint density at radius 1 is 1.08 bits per heavy atom. The molecule has 0 heterocycles. The van der Waals surface area contributed by atoms with E-state index in [1.54, 1.807) is 20.8 Å². The number of nitro groups is 1. The number of carbonyl (C=O) groups is 1. The second kappa shape index (κ2) is 7.03. The average molecular weight is 342 g/mol. The average Bonchev–Trinajstić information content (AvgIpc) is 2.54. The molecule has 25 heavy (non-hydrogen) atoms. The van der Waals surface area contributed by atoms with Crippen molar-refractivity contribution in [3.05, 3.63) is 75.8 Å². The summed E-state index contributed by atoms with van der Waals surface area (Å²) in [6.45, 7) is 5.30. The van der Waals surface area contributed by atoms with Crippen molar-refractivity contribution in [1.82, 2.24) is 0 Å². The SMILES string of the molecule is CC(C)(C)OC(=O)[C@@](N)(Cc1ccccc1)c1ccc([N+](=O)[O-])cc1. The minimum Gasteiger partial charge on any atom is -0.458 e. The molecule has 0 aromatic heterocycles. The van der Waals surface area contributed by atoms with Gasteiger partial charge < -0.3 is 10.5 Å². The number of rotatable bonds is 5. The maximum Gasteiger partial charge on any atom is 0.331 e. The predicted octanol–water partition coefficient (Wildman–Crippen LogP) is 3.33. The van der Waals surface area contributed by atoms with Crippen molar-refractivity contribution in [2.45, 2.75) is 38.3 Å². The fraction of sp³-hybridized carbons (Fsp3) is 0.316. The molecule has 6 heteroatoms. The lowest BCUT2D eigenvalue weighted by Crippen LogP contribution is -2.50. The summed E-state index contributed by atoms with van der Waals surface area (Å²) >= 11 is 0. The third-order valence-corrected chi connectivity index (χ3v) is 3.68. The Labute approximate surface area is 146 Å². The molecule has 0 radical (unpaired) electrons. The third kappa shape index (κ3) is 4.64. The Kier molecular flexibility index (Phi) is 5.23. The number of nitrogens with zero attached hydrogens (tertiary/aromatic N) is 1. The highest BCUT2D eigenvalue weighted by molar-refractivity contribution is 5.83. The van der Waals surface area contributed by atoms with E-state index in [4.69, 9.17) is 10.5 Å². The molecule has 2 aromatic rings. The summed E-state index contributed by atoms with van der Waals surface area (Å²) in [5.74, 6) is -0.572. The van der Waals surface area contributed by atoms with Gasteiger partial charge in [0.2, 0.25) is 0 Å². The molecule has 0 aliphatic rings. The van der Waals surface area contributed by atoms with Crippen LogP contribution in [0.4, 0.5) is 5.69 Å². The molecule has 2 N–H and O–H groups in total. The maximum atomic E-state index is 12.8. The summed E-state index contributed by atoms with van der Waals surface area (Å²) in [7, 11) is 0. The van der Waals surface area contributed by atoms with E-state index in [9.17, 15) is 14.9 Å². The number of nitro benzene ring substituents is 1. The lowest BCUT2D eigenvalue weighted by Gasteiger charge is -2.31. The number of hydrogen-bond donors (Lipinski definition) is 1. The van der Waals surface area contributed by atoms with E-state index in [-0.39, 0.29) is 12.1 Å². The van der Waals surface area contributed by atoms with Crippen LogP contribution in [0.1, 0.15) is 31.9 Å². The van der Waals surface area contributed by atoms with Crippen LogP contribution in [-0.2, 0) is 21.5 Å². The van der Waals surface area contributed by atoms with Gasteiger partial charge in [-0.25, -0.2) is 4.79 Å². The van der Waals surface area contributed by atoms with E-state index in [0.717, 1.165) is 5.56 Å². The van der Waals surface area contributed by atoms with Gasteiger partial charge in [-0.3, -0.25) is 10.1 Å². The van der Waals surface area contributed by atoms with E-state index in [2.05, 4.69) is 0 Å². The Morgan fingerprint density at radius 3 is 2.12 bits per heavy atom. The van der Waals surface area contributed by atoms with E-state index in [1.807, 2.05) is 30.3 Å². The Balaban J connectivity index is 2.43. The quantitative estimate of drug-likeness (QED) is 0.511. The van der Waals surface area contributed by atoms with Crippen LogP contribution >= 0.6 is 0 Å². The molecule has 132 valence electrons. The molecule has 0 bridgehead atoms. The fourth-order valence-electron chi connectivity index (χ4n) is 2.46. The minimum absolute atomic E-state index is 0.0602. The number of nitrogens with two attached hydrogens (primary N) is 1. The molecule has 0 fully saturated rings. The third-order valence-electron chi connectivity index (χ3n) is 3.68. The first-order valence-corrected chi connectivity index (χ1v) is 7.93. The maximum absolute atomic E-state index is 12.8. The summed E-state index contributed by atoms with van der Waals surface area (Å²) in [6, 6.07) is 15.0. The van der Waals surface area contributed by atoms with Crippen LogP contribution < -0.4 is 5.73 Å². The van der Waals surface area contributed by atoms with Crippen LogP contribution in [0.25, 0.3) is 0 Å². The van der Waals surface area contributed by atoms with E-state index in [1.165, 1.54) is 24.3 Å². The number of esters is 1. The minimum atomic E-state index is -1.44. The molecule has 6 nitrogen and oxygen atoms in total. The van der Waals surface area contributed by atoms with Crippen LogP contribution in [0.5, 0.6) is 0 Å². The van der Waals surface area contributed by atoms with E-state index < -0.39 is 22.0 Å². The number of ether oxygens (including phenoxy) is 1. The molecule has 0 saturated carbocycles. The van der Waals surface area contributed by atoms with Crippen LogP contribution in [0, 0.1) is 10.1 Å². The zero-order valence-corrected chi connectivity index (χ0v) is 14.6. The predicted molar refractivity (Wildman–Crippen MR) is 95.0 cm³/mol. The van der Waals surface area contributed by atoms with Gasteiger partial charge in [0.15, 0.2) is 0 Å². The van der Waals surface area contributed by atoms with Gasteiger partial charge in [0.1, 0.15) is 11.1 Å². The van der Waals surface area contributed by atoms with Gasteiger partial charge in [-0.05, 0) is 44.0 Å². The largest absolute Gasteiger partial charge is 0.458 e. The first-order chi connectivity index (χ1) is 11.6. The summed E-state index contributed by atoms with van der Waals surface area (Å²) in [5.41, 5.74) is 5.63. The van der Waals surface area contributed by atoms with Gasteiger partial charge in [0, 0.05) is 18.6 Å². The normalized spacial score (nSPS) is 13.8. The Hall–Kier alpha value is -2.73. The Morgan fingerprint density at radius 2 is 1.64 bits per heavy atom. The smallest absolute Gasteiger partial charge is 0.331 e. The zero-order chi connectivity index (χ0) is 18.7. The first kappa shape index (κ1) is 18.6. The summed E-state index contributed by atoms with van der Waals surface area (Å²) in [4.78, 5) is 23.2. The van der Waals surface area contributed by atoms with Crippen LogP contribution in [0.2, 0.25) is 0 Å². The molecular formula is C19H22N2O4. The van der Waals surface area contributed by atoms with Crippen molar-refractivity contribution >= 4 is 11.7 Å². The highest BCUT2D eigenvalue weighted by atomic mass is 16.6. The van der Waals surface area contributed by atoms with E-state index >= 15 is 0 Å². The lowest BCUT2D eigenvalue weighted by molar-refractivity contribution is -0.384. The molecule has 2 rings (SSSR count). The van der Waals surface area contributed by atoms with Crippen molar-refractivity contribution in [2.75, 3.05) is 0 Å². The summed E-state index contributed by atoms with van der Waals surface area (Å²) in [6.07, 6.45) is 0.223. The monoisotopic (exact) mass is 342 g/mol. The number of carbonyl (C=O) groups excluding carboxylic acids is 1. The van der Waals surface area contributed by atoms with Crippen LogP contribution in [-0.4, -0.2) is 16.5 Å². The first-order valence-electron chi connectivity index (χ1n) is 7.93. The highest BCUT2D eigenvalue weighted by Gasteiger charge is 2.40. The molecule has 2 aromatic carbocycles. The van der Waals surface area contributed by atoms with Gasteiger partial charge in [-0.1, -0.05) is 30.3 Å². The number of benzene rings is 2. The van der Waals surface area contributed by atoms with Gasteiger partial charge in [-0.15, -0.1) is 0 Å². The molecule has 1 atom stereocenters. The van der Waals surface area contributed by atoms with Gasteiger partial charge in [-0.2, -0.15) is 0 Å². The summed E-state index contributed by atoms with van der Waals surface area (Å²) < 4.78 is 5.51. The molecule has 0 unspecified atom stereocenters. The topological polar surface area (TPSA) is 95.5 Å². The summed E-state index contributed by atoms with van der Waals surface area (Å²) in [5, 5.41) is 10.9. The molecule has 0 saturated heterocycles. The van der Waals surface area contributed by atoms with Crippen molar-refractivity contribution in [3.63, 3.8) is 0 Å². The molecule has 0 aliphatic carbocycles. The second-order valence-corrected chi connectivity index (χ2v) is 6.94. The van der Waals surface area contributed by atoms with Crippen LogP contribution in [0.3, 0.4) is 0 Å².